The minimum atomic E-state index is 0.322. The van der Waals surface area contributed by atoms with E-state index in [1.165, 1.54) is 33.6 Å². The Labute approximate surface area is 239 Å². The minimum Gasteiger partial charge on any atom is -0.381 e. The summed E-state index contributed by atoms with van der Waals surface area (Å²) in [5, 5.41) is 8.50. The maximum atomic E-state index is 5.68. The summed E-state index contributed by atoms with van der Waals surface area (Å²) < 4.78 is 5.68. The Morgan fingerprint density at radius 2 is 1.70 bits per heavy atom. The summed E-state index contributed by atoms with van der Waals surface area (Å²) in [5.41, 5.74) is 9.73. The number of nitrogens with one attached hydrogen (secondary N) is 1. The molecule has 0 aliphatic carbocycles. The molecule has 40 heavy (non-hydrogen) atoms. The molecule has 0 bridgehead atoms. The van der Waals surface area contributed by atoms with Crippen molar-refractivity contribution in [2.45, 2.75) is 79.4 Å². The number of aromatic amines is 1. The van der Waals surface area contributed by atoms with Crippen LogP contribution in [0.3, 0.4) is 0 Å². The standard InChI is InChI=1S/C31H38N6O.C2H6/c1-19(2)22-8-6-20(3)28(16-22)37-15-12-26-25(18-37)31(36-13-10-23(38-5)11-14-36)34-30(33-26)29-21(4)7-9-27-24(29)17-32-35-27;1-2/h6-9,16-17,19,23H,10-15,18H2,1-5H3,(H,32,35);1-2H3. The molecule has 7 nitrogen and oxygen atoms in total. The molecule has 2 aliphatic heterocycles. The van der Waals surface area contributed by atoms with Crippen LogP contribution in [0.4, 0.5) is 11.5 Å². The number of ether oxygens (including phenoxy) is 1. The molecule has 2 aromatic carbocycles. The Bertz CT molecular complexity index is 1470. The van der Waals surface area contributed by atoms with E-state index in [1.807, 2.05) is 27.2 Å². The molecular weight excluding hydrogens is 496 g/mol. The van der Waals surface area contributed by atoms with E-state index in [0.29, 0.717) is 12.0 Å². The average Bonchev–Trinajstić information content (AvgIpc) is 3.46. The second kappa shape index (κ2) is 12.0. The van der Waals surface area contributed by atoms with Crippen LogP contribution in [0, 0.1) is 13.8 Å². The normalized spacial score (nSPS) is 15.8. The van der Waals surface area contributed by atoms with E-state index < -0.39 is 0 Å². The fourth-order valence-corrected chi connectivity index (χ4v) is 6.03. The first-order valence-electron chi connectivity index (χ1n) is 14.9. The lowest BCUT2D eigenvalue weighted by Crippen LogP contribution is -2.40. The maximum absolute atomic E-state index is 5.68. The van der Waals surface area contributed by atoms with Crippen LogP contribution >= 0.6 is 0 Å². The van der Waals surface area contributed by atoms with Gasteiger partial charge in [-0.1, -0.05) is 45.9 Å². The third kappa shape index (κ3) is 5.31. The summed E-state index contributed by atoms with van der Waals surface area (Å²) in [5.74, 6) is 2.40. The molecule has 0 unspecified atom stereocenters. The highest BCUT2D eigenvalue weighted by molar-refractivity contribution is 5.94. The number of aromatic nitrogens is 4. The molecule has 0 spiro atoms. The zero-order valence-electron chi connectivity index (χ0n) is 25.2. The summed E-state index contributed by atoms with van der Waals surface area (Å²) in [4.78, 5) is 15.5. The predicted octanol–water partition coefficient (Wildman–Crippen LogP) is 6.96. The van der Waals surface area contributed by atoms with Crippen molar-refractivity contribution in [1.82, 2.24) is 20.2 Å². The van der Waals surface area contributed by atoms with Crippen molar-refractivity contribution in [1.29, 1.82) is 0 Å². The second-order valence-electron chi connectivity index (χ2n) is 11.2. The Kier molecular flexibility index (Phi) is 8.40. The fourth-order valence-electron chi connectivity index (χ4n) is 6.03. The highest BCUT2D eigenvalue weighted by Crippen LogP contribution is 2.37. The molecular formula is C33H44N6O. The molecule has 0 amide bonds. The van der Waals surface area contributed by atoms with Crippen molar-refractivity contribution in [3.8, 4) is 11.4 Å². The van der Waals surface area contributed by atoms with Gasteiger partial charge in [0.1, 0.15) is 5.82 Å². The van der Waals surface area contributed by atoms with Gasteiger partial charge in [0.2, 0.25) is 0 Å². The fraction of sp³-hybridized carbons (Fsp3) is 0.485. The highest BCUT2D eigenvalue weighted by Gasteiger charge is 2.29. The third-order valence-electron chi connectivity index (χ3n) is 8.41. The van der Waals surface area contributed by atoms with Crippen molar-refractivity contribution >= 4 is 22.4 Å². The number of H-pyrrole nitrogens is 1. The zero-order valence-corrected chi connectivity index (χ0v) is 25.2. The van der Waals surface area contributed by atoms with Gasteiger partial charge in [0, 0.05) is 61.9 Å². The van der Waals surface area contributed by atoms with Crippen molar-refractivity contribution in [2.75, 3.05) is 36.5 Å². The van der Waals surface area contributed by atoms with E-state index in [9.17, 15) is 0 Å². The molecule has 0 atom stereocenters. The quantitative estimate of drug-likeness (QED) is 0.295. The van der Waals surface area contributed by atoms with Crippen LogP contribution in [0.2, 0.25) is 0 Å². The molecule has 4 heterocycles. The minimum absolute atomic E-state index is 0.322. The monoisotopic (exact) mass is 540 g/mol. The molecule has 4 aromatic rings. The maximum Gasteiger partial charge on any atom is 0.162 e. The van der Waals surface area contributed by atoms with Crippen LogP contribution in [0.15, 0.2) is 36.5 Å². The van der Waals surface area contributed by atoms with Gasteiger partial charge in [-0.3, -0.25) is 5.10 Å². The van der Waals surface area contributed by atoms with Crippen LogP contribution in [-0.2, 0) is 17.7 Å². The van der Waals surface area contributed by atoms with Gasteiger partial charge in [-0.15, -0.1) is 0 Å². The van der Waals surface area contributed by atoms with Crippen LogP contribution in [0.5, 0.6) is 0 Å². The van der Waals surface area contributed by atoms with Crippen LogP contribution in [0.1, 0.15) is 74.4 Å². The molecule has 1 saturated heterocycles. The summed E-state index contributed by atoms with van der Waals surface area (Å²) in [7, 11) is 1.82. The molecule has 0 radical (unpaired) electrons. The second-order valence-corrected chi connectivity index (χ2v) is 11.2. The first kappa shape index (κ1) is 28.1. The van der Waals surface area contributed by atoms with Crippen molar-refractivity contribution < 1.29 is 4.74 Å². The van der Waals surface area contributed by atoms with E-state index in [0.717, 1.165) is 73.6 Å². The number of rotatable bonds is 5. The van der Waals surface area contributed by atoms with E-state index in [4.69, 9.17) is 14.7 Å². The molecule has 212 valence electrons. The number of benzene rings is 2. The molecule has 6 rings (SSSR count). The summed E-state index contributed by atoms with van der Waals surface area (Å²) >= 11 is 0. The van der Waals surface area contributed by atoms with Gasteiger partial charge in [0.05, 0.1) is 23.5 Å². The lowest BCUT2D eigenvalue weighted by Gasteiger charge is -2.37. The van der Waals surface area contributed by atoms with Crippen LogP contribution in [0.25, 0.3) is 22.3 Å². The molecule has 7 heteroatoms. The highest BCUT2D eigenvalue weighted by atomic mass is 16.5. The van der Waals surface area contributed by atoms with Gasteiger partial charge in [-0.25, -0.2) is 9.97 Å². The Morgan fingerprint density at radius 3 is 2.42 bits per heavy atom. The predicted molar refractivity (Wildman–Crippen MR) is 165 cm³/mol. The van der Waals surface area contributed by atoms with Gasteiger partial charge in [-0.2, -0.15) is 5.10 Å². The number of hydrogen-bond acceptors (Lipinski definition) is 6. The summed E-state index contributed by atoms with van der Waals surface area (Å²) in [6.45, 7) is 16.5. The number of hydrogen-bond donors (Lipinski definition) is 1. The van der Waals surface area contributed by atoms with Gasteiger partial charge in [0.15, 0.2) is 5.82 Å². The number of methoxy groups -OCH3 is 1. The van der Waals surface area contributed by atoms with E-state index >= 15 is 0 Å². The summed E-state index contributed by atoms with van der Waals surface area (Å²) in [6, 6.07) is 11.1. The Morgan fingerprint density at radius 1 is 0.950 bits per heavy atom. The zero-order chi connectivity index (χ0) is 28.4. The Balaban J connectivity index is 0.00000158. The number of anilines is 2. The first-order chi connectivity index (χ1) is 19.4. The van der Waals surface area contributed by atoms with Gasteiger partial charge in [-0.05, 0) is 61.4 Å². The number of piperidine rings is 1. The van der Waals surface area contributed by atoms with Crippen molar-refractivity contribution in [3.05, 3.63) is 64.5 Å². The van der Waals surface area contributed by atoms with Crippen molar-refractivity contribution in [2.24, 2.45) is 0 Å². The topological polar surface area (TPSA) is 70.2 Å². The van der Waals surface area contributed by atoms with E-state index in [2.05, 4.69) is 78.0 Å². The molecule has 2 aromatic heterocycles. The molecule has 2 aliphatic rings. The number of aryl methyl sites for hydroxylation is 2. The summed E-state index contributed by atoms with van der Waals surface area (Å²) in [6.07, 6.45) is 5.15. The number of nitrogens with zero attached hydrogens (tertiary/aromatic N) is 5. The van der Waals surface area contributed by atoms with E-state index in [1.54, 1.807) is 0 Å². The van der Waals surface area contributed by atoms with Gasteiger partial charge in [0.25, 0.3) is 0 Å². The van der Waals surface area contributed by atoms with Crippen LogP contribution < -0.4 is 9.80 Å². The number of fused-ring (bicyclic) bond motifs is 2. The van der Waals surface area contributed by atoms with Gasteiger partial charge >= 0.3 is 0 Å². The molecule has 1 N–H and O–H groups in total. The third-order valence-corrected chi connectivity index (χ3v) is 8.41. The first-order valence-corrected chi connectivity index (χ1v) is 14.9. The smallest absolute Gasteiger partial charge is 0.162 e. The lowest BCUT2D eigenvalue weighted by molar-refractivity contribution is 0.0817. The SMILES string of the molecule is CC.COC1CCN(c2nc(-c3c(C)ccc4[nH]ncc34)nc3c2CN(c2cc(C(C)C)ccc2C)CC3)CC1. The van der Waals surface area contributed by atoms with Gasteiger partial charge < -0.3 is 14.5 Å². The average molecular weight is 541 g/mol. The lowest BCUT2D eigenvalue weighted by atomic mass is 9.97. The largest absolute Gasteiger partial charge is 0.381 e. The molecule has 0 saturated carbocycles. The Hall–Kier alpha value is -3.45. The van der Waals surface area contributed by atoms with E-state index in [-0.39, 0.29) is 0 Å². The van der Waals surface area contributed by atoms with Crippen molar-refractivity contribution in [3.63, 3.8) is 0 Å². The molecule has 1 fully saturated rings. The van der Waals surface area contributed by atoms with Crippen LogP contribution in [-0.4, -0.2) is 53.0 Å².